The van der Waals surface area contributed by atoms with Gasteiger partial charge in [0.15, 0.2) is 0 Å². The molecule has 1 aromatic carbocycles. The molecule has 0 bridgehead atoms. The summed E-state index contributed by atoms with van der Waals surface area (Å²) >= 11 is 0. The Morgan fingerprint density at radius 2 is 2.35 bits per heavy atom. The zero-order valence-corrected chi connectivity index (χ0v) is 13.5. The van der Waals surface area contributed by atoms with E-state index in [0.717, 1.165) is 49.4 Å². The highest BCUT2D eigenvalue weighted by molar-refractivity contribution is 5.76. The second kappa shape index (κ2) is 7.31. The van der Waals surface area contributed by atoms with E-state index in [1.54, 1.807) is 13.3 Å². The first-order valence-corrected chi connectivity index (χ1v) is 8.16. The van der Waals surface area contributed by atoms with Crippen LogP contribution < -0.4 is 4.74 Å². The van der Waals surface area contributed by atoms with Crippen molar-refractivity contribution in [1.29, 1.82) is 0 Å². The highest BCUT2D eigenvalue weighted by Crippen LogP contribution is 2.25. The maximum atomic E-state index is 12.5. The van der Waals surface area contributed by atoms with Gasteiger partial charge in [-0.2, -0.15) is 5.10 Å². The lowest BCUT2D eigenvalue weighted by atomic mass is 9.94. The van der Waals surface area contributed by atoms with Crippen molar-refractivity contribution in [1.82, 2.24) is 15.1 Å². The second-order valence-electron chi connectivity index (χ2n) is 6.04. The van der Waals surface area contributed by atoms with E-state index in [9.17, 15) is 4.79 Å². The van der Waals surface area contributed by atoms with E-state index >= 15 is 0 Å². The number of aromatic nitrogens is 2. The summed E-state index contributed by atoms with van der Waals surface area (Å²) < 4.78 is 5.23. The van der Waals surface area contributed by atoms with Gasteiger partial charge in [-0.3, -0.25) is 9.89 Å². The van der Waals surface area contributed by atoms with E-state index in [1.165, 1.54) is 0 Å². The molecule has 0 radical (unpaired) electrons. The van der Waals surface area contributed by atoms with Gasteiger partial charge in [0.25, 0.3) is 0 Å². The number of aryl methyl sites for hydroxylation is 1. The highest BCUT2D eigenvalue weighted by Gasteiger charge is 2.25. The lowest BCUT2D eigenvalue weighted by Crippen LogP contribution is -2.39. The summed E-state index contributed by atoms with van der Waals surface area (Å²) in [7, 11) is 1.66. The van der Waals surface area contributed by atoms with Crippen LogP contribution in [0.2, 0.25) is 0 Å². The quantitative estimate of drug-likeness (QED) is 0.923. The fraction of sp³-hybridized carbons (Fsp3) is 0.444. The van der Waals surface area contributed by atoms with E-state index in [4.69, 9.17) is 4.74 Å². The molecule has 1 fully saturated rings. The van der Waals surface area contributed by atoms with Crippen molar-refractivity contribution in [3.8, 4) is 5.75 Å². The number of piperidine rings is 1. The zero-order valence-electron chi connectivity index (χ0n) is 13.5. The van der Waals surface area contributed by atoms with Crippen molar-refractivity contribution in [3.63, 3.8) is 0 Å². The molecule has 1 aliphatic rings. The van der Waals surface area contributed by atoms with Crippen molar-refractivity contribution in [3.05, 3.63) is 47.8 Å². The summed E-state index contributed by atoms with van der Waals surface area (Å²) in [5.74, 6) is 1.45. The van der Waals surface area contributed by atoms with Crippen LogP contribution in [0.3, 0.4) is 0 Å². The molecule has 1 amide bonds. The number of amides is 1. The number of nitrogens with zero attached hydrogens (tertiary/aromatic N) is 2. The SMILES string of the molecule is COc1cccc(CCC(=O)N2CCCC(c3ccn[nH]3)C2)c1. The largest absolute Gasteiger partial charge is 0.497 e. The van der Waals surface area contributed by atoms with Gasteiger partial charge in [-0.1, -0.05) is 12.1 Å². The molecule has 5 nitrogen and oxygen atoms in total. The maximum Gasteiger partial charge on any atom is 0.222 e. The number of hydrogen-bond acceptors (Lipinski definition) is 3. The number of carbonyl (C=O) groups excluding carboxylic acids is 1. The minimum Gasteiger partial charge on any atom is -0.497 e. The number of likely N-dealkylation sites (tertiary alicyclic amines) is 1. The average molecular weight is 313 g/mol. The summed E-state index contributed by atoms with van der Waals surface area (Å²) in [6.07, 6.45) is 5.24. The maximum absolute atomic E-state index is 12.5. The predicted molar refractivity (Wildman–Crippen MR) is 88.5 cm³/mol. The fourth-order valence-corrected chi connectivity index (χ4v) is 3.19. The Morgan fingerprint density at radius 3 is 3.13 bits per heavy atom. The van der Waals surface area contributed by atoms with Crippen LogP contribution in [0, 0.1) is 0 Å². The molecule has 0 aliphatic carbocycles. The lowest BCUT2D eigenvalue weighted by molar-refractivity contribution is -0.132. The Labute approximate surface area is 136 Å². The normalized spacial score (nSPS) is 18.0. The summed E-state index contributed by atoms with van der Waals surface area (Å²) in [5.41, 5.74) is 2.27. The molecule has 0 spiro atoms. The zero-order chi connectivity index (χ0) is 16.1. The lowest BCUT2D eigenvalue weighted by Gasteiger charge is -2.32. The van der Waals surface area contributed by atoms with Gasteiger partial charge in [-0.25, -0.2) is 0 Å². The Bertz CT molecular complexity index is 639. The van der Waals surface area contributed by atoms with Gasteiger partial charge >= 0.3 is 0 Å². The minimum atomic E-state index is 0.233. The number of aromatic amines is 1. The topological polar surface area (TPSA) is 58.2 Å². The van der Waals surface area contributed by atoms with E-state index in [-0.39, 0.29) is 5.91 Å². The first-order chi connectivity index (χ1) is 11.3. The summed E-state index contributed by atoms with van der Waals surface area (Å²) in [5, 5.41) is 7.05. The molecule has 0 saturated carbocycles. The average Bonchev–Trinajstić information content (AvgIpc) is 3.14. The van der Waals surface area contributed by atoms with Crippen molar-refractivity contribution in [2.24, 2.45) is 0 Å². The number of ether oxygens (including phenoxy) is 1. The predicted octanol–water partition coefficient (Wildman–Crippen LogP) is 2.76. The third-order valence-electron chi connectivity index (χ3n) is 4.50. The van der Waals surface area contributed by atoms with Crippen LogP contribution in [0.15, 0.2) is 36.5 Å². The van der Waals surface area contributed by atoms with Gasteiger partial charge in [0.05, 0.1) is 7.11 Å². The van der Waals surface area contributed by atoms with Crippen molar-refractivity contribution >= 4 is 5.91 Å². The highest BCUT2D eigenvalue weighted by atomic mass is 16.5. The van der Waals surface area contributed by atoms with Gasteiger partial charge in [-0.15, -0.1) is 0 Å². The molecular formula is C18H23N3O2. The van der Waals surface area contributed by atoms with E-state index < -0.39 is 0 Å². The minimum absolute atomic E-state index is 0.233. The van der Waals surface area contributed by atoms with E-state index in [2.05, 4.69) is 10.2 Å². The summed E-state index contributed by atoms with van der Waals surface area (Å²) in [6.45, 7) is 1.65. The number of H-pyrrole nitrogens is 1. The van der Waals surface area contributed by atoms with E-state index in [0.29, 0.717) is 12.3 Å². The van der Waals surface area contributed by atoms with Crippen LogP contribution in [0.1, 0.15) is 36.4 Å². The monoisotopic (exact) mass is 313 g/mol. The molecule has 1 N–H and O–H groups in total. The van der Waals surface area contributed by atoms with Crippen LogP contribution in [0.5, 0.6) is 5.75 Å². The molecule has 1 atom stereocenters. The molecule has 2 heterocycles. The van der Waals surface area contributed by atoms with Crippen molar-refractivity contribution in [2.45, 2.75) is 31.6 Å². The van der Waals surface area contributed by atoms with Crippen molar-refractivity contribution < 1.29 is 9.53 Å². The third-order valence-corrected chi connectivity index (χ3v) is 4.50. The number of hydrogen-bond donors (Lipinski definition) is 1. The van der Waals surface area contributed by atoms with Crippen LogP contribution in [-0.4, -0.2) is 41.2 Å². The molecule has 23 heavy (non-hydrogen) atoms. The van der Waals surface area contributed by atoms with Gasteiger partial charge in [0, 0.05) is 37.3 Å². The van der Waals surface area contributed by atoms with Gasteiger partial charge < -0.3 is 9.64 Å². The standard InChI is InChI=1S/C18H23N3O2/c1-23-16-6-2-4-14(12-16)7-8-18(22)21-11-3-5-15(13-21)17-9-10-19-20-17/h2,4,6,9-10,12,15H,3,5,7-8,11,13H2,1H3,(H,19,20). The Hall–Kier alpha value is -2.30. The van der Waals surface area contributed by atoms with Gasteiger partial charge in [0.2, 0.25) is 5.91 Å². The van der Waals surface area contributed by atoms with Crippen LogP contribution in [-0.2, 0) is 11.2 Å². The molecule has 122 valence electrons. The van der Waals surface area contributed by atoms with Gasteiger partial charge in [0.1, 0.15) is 5.75 Å². The molecule has 5 heteroatoms. The summed E-state index contributed by atoms with van der Waals surface area (Å²) in [6, 6.07) is 9.93. The second-order valence-corrected chi connectivity index (χ2v) is 6.04. The Balaban J connectivity index is 1.55. The number of rotatable bonds is 5. The van der Waals surface area contributed by atoms with E-state index in [1.807, 2.05) is 35.2 Å². The number of benzene rings is 1. The van der Waals surface area contributed by atoms with Crippen LogP contribution in [0.25, 0.3) is 0 Å². The summed E-state index contributed by atoms with van der Waals surface area (Å²) in [4.78, 5) is 14.5. The molecule has 1 aromatic heterocycles. The fourth-order valence-electron chi connectivity index (χ4n) is 3.19. The number of carbonyl (C=O) groups is 1. The molecule has 1 unspecified atom stereocenters. The first-order valence-electron chi connectivity index (χ1n) is 8.16. The smallest absolute Gasteiger partial charge is 0.222 e. The van der Waals surface area contributed by atoms with Crippen molar-refractivity contribution in [2.75, 3.05) is 20.2 Å². The Kier molecular flexibility index (Phi) is 4.95. The van der Waals surface area contributed by atoms with Gasteiger partial charge in [-0.05, 0) is 43.0 Å². The first kappa shape index (κ1) is 15.6. The molecular weight excluding hydrogens is 290 g/mol. The molecule has 3 rings (SSSR count). The molecule has 2 aromatic rings. The van der Waals surface area contributed by atoms with Crippen LogP contribution >= 0.6 is 0 Å². The van der Waals surface area contributed by atoms with Crippen LogP contribution in [0.4, 0.5) is 0 Å². The third kappa shape index (κ3) is 3.92. The molecule has 1 saturated heterocycles. The number of nitrogens with one attached hydrogen (secondary N) is 1. The molecule has 1 aliphatic heterocycles. The Morgan fingerprint density at radius 1 is 1.43 bits per heavy atom. The number of methoxy groups -OCH3 is 1.